The Morgan fingerprint density at radius 3 is 2.33 bits per heavy atom. The van der Waals surface area contributed by atoms with Crippen molar-refractivity contribution < 1.29 is 5.11 Å². The van der Waals surface area contributed by atoms with E-state index in [4.69, 9.17) is 0 Å². The lowest BCUT2D eigenvalue weighted by atomic mass is 9.88. The van der Waals surface area contributed by atoms with E-state index in [1.54, 1.807) is 4.68 Å². The number of aromatic hydroxyl groups is 1. The molecule has 1 aromatic rings. The quantitative estimate of drug-likeness (QED) is 0.863. The van der Waals surface area contributed by atoms with Crippen molar-refractivity contribution in [2.45, 2.75) is 72.8 Å². The highest BCUT2D eigenvalue weighted by atomic mass is 16.3. The lowest BCUT2D eigenvalue weighted by Gasteiger charge is -2.17. The second kappa shape index (κ2) is 5.77. The van der Waals surface area contributed by atoms with E-state index in [0.717, 1.165) is 37.1 Å². The maximum absolute atomic E-state index is 10.3. The van der Waals surface area contributed by atoms with E-state index in [1.165, 1.54) is 0 Å². The zero-order chi connectivity index (χ0) is 13.9. The van der Waals surface area contributed by atoms with Gasteiger partial charge in [0.15, 0.2) is 0 Å². The summed E-state index contributed by atoms with van der Waals surface area (Å²) in [5, 5.41) is 15.0. The van der Waals surface area contributed by atoms with E-state index < -0.39 is 0 Å². The number of hydrogen-bond acceptors (Lipinski definition) is 2. The number of unbranched alkanes of at least 4 members (excludes halogenated alkanes) is 1. The second-order valence-corrected chi connectivity index (χ2v) is 6.58. The molecular formula is C15H28N2O. The van der Waals surface area contributed by atoms with Crippen LogP contribution < -0.4 is 0 Å². The fraction of sp³-hybridized carbons (Fsp3) is 0.800. The van der Waals surface area contributed by atoms with Gasteiger partial charge in [0.25, 0.3) is 0 Å². The molecule has 1 aromatic heterocycles. The van der Waals surface area contributed by atoms with Crippen molar-refractivity contribution in [2.75, 3.05) is 0 Å². The summed E-state index contributed by atoms with van der Waals surface area (Å²) in [5.41, 5.74) is 2.09. The van der Waals surface area contributed by atoms with Crippen LogP contribution in [0, 0.1) is 5.92 Å². The van der Waals surface area contributed by atoms with Gasteiger partial charge in [-0.25, -0.2) is 4.68 Å². The van der Waals surface area contributed by atoms with Gasteiger partial charge in [-0.1, -0.05) is 48.0 Å². The monoisotopic (exact) mass is 252 g/mol. The molecule has 1 rings (SSSR count). The molecule has 0 spiro atoms. The Labute approximate surface area is 111 Å². The smallest absolute Gasteiger partial charge is 0.212 e. The maximum atomic E-state index is 10.3. The lowest BCUT2D eigenvalue weighted by Crippen LogP contribution is -2.15. The third-order valence-corrected chi connectivity index (χ3v) is 3.05. The van der Waals surface area contributed by atoms with Gasteiger partial charge in [-0.15, -0.1) is 0 Å². The highest BCUT2D eigenvalue weighted by molar-refractivity contribution is 5.35. The Bertz CT molecular complexity index is 386. The van der Waals surface area contributed by atoms with Crippen molar-refractivity contribution in [2.24, 2.45) is 5.92 Å². The van der Waals surface area contributed by atoms with Crippen LogP contribution in [-0.2, 0) is 18.4 Å². The Morgan fingerprint density at radius 2 is 1.89 bits per heavy atom. The molecule has 0 radical (unpaired) electrons. The molecule has 1 heterocycles. The first kappa shape index (κ1) is 15.1. The third-order valence-electron chi connectivity index (χ3n) is 3.05. The van der Waals surface area contributed by atoms with Crippen LogP contribution in [-0.4, -0.2) is 14.9 Å². The van der Waals surface area contributed by atoms with Gasteiger partial charge in [0.05, 0.1) is 5.69 Å². The normalized spacial score (nSPS) is 12.4. The van der Waals surface area contributed by atoms with Crippen LogP contribution in [0.2, 0.25) is 0 Å². The predicted molar refractivity (Wildman–Crippen MR) is 76.0 cm³/mol. The zero-order valence-electron chi connectivity index (χ0n) is 12.7. The molecule has 0 aliphatic heterocycles. The van der Waals surface area contributed by atoms with Crippen LogP contribution in [0.4, 0.5) is 0 Å². The van der Waals surface area contributed by atoms with Crippen molar-refractivity contribution in [1.29, 1.82) is 0 Å². The van der Waals surface area contributed by atoms with Crippen molar-refractivity contribution >= 4 is 0 Å². The molecule has 104 valence electrons. The molecule has 0 fully saturated rings. The summed E-state index contributed by atoms with van der Waals surface area (Å²) in [5.74, 6) is 0.865. The molecule has 3 heteroatoms. The third kappa shape index (κ3) is 3.50. The number of nitrogens with zero attached hydrogens (tertiary/aromatic N) is 2. The first-order valence-corrected chi connectivity index (χ1v) is 7.06. The molecule has 0 aliphatic carbocycles. The molecule has 0 saturated carbocycles. The van der Waals surface area contributed by atoms with Crippen LogP contribution in [0.15, 0.2) is 0 Å². The molecule has 0 saturated heterocycles. The van der Waals surface area contributed by atoms with E-state index in [9.17, 15) is 5.11 Å². The van der Waals surface area contributed by atoms with E-state index in [0.29, 0.717) is 11.8 Å². The molecule has 0 unspecified atom stereocenters. The summed E-state index contributed by atoms with van der Waals surface area (Å²) in [4.78, 5) is 0. The minimum absolute atomic E-state index is 0.0111. The SMILES string of the molecule is CCCCc1c(C(C)(C)C)nn(CC(C)C)c1O. The average molecular weight is 252 g/mol. The van der Waals surface area contributed by atoms with Gasteiger partial charge in [0, 0.05) is 17.5 Å². The van der Waals surface area contributed by atoms with Crippen molar-refractivity contribution in [3.63, 3.8) is 0 Å². The molecule has 18 heavy (non-hydrogen) atoms. The Morgan fingerprint density at radius 1 is 1.28 bits per heavy atom. The summed E-state index contributed by atoms with van der Waals surface area (Å²) >= 11 is 0. The standard InChI is InChI=1S/C15H28N2O/c1-7-8-9-12-13(15(4,5)6)16-17(14(12)18)10-11(2)3/h11,18H,7-10H2,1-6H3. The minimum atomic E-state index is -0.0111. The molecule has 0 bridgehead atoms. The van der Waals surface area contributed by atoms with Crippen LogP contribution in [0.1, 0.15) is 65.6 Å². The topological polar surface area (TPSA) is 38.0 Å². The van der Waals surface area contributed by atoms with Gasteiger partial charge in [-0.05, 0) is 18.8 Å². The maximum Gasteiger partial charge on any atom is 0.212 e. The van der Waals surface area contributed by atoms with Gasteiger partial charge < -0.3 is 5.11 Å². The van der Waals surface area contributed by atoms with Crippen LogP contribution in [0.5, 0.6) is 5.88 Å². The molecule has 1 N–H and O–H groups in total. The molecule has 0 atom stereocenters. The fourth-order valence-corrected chi connectivity index (χ4v) is 2.15. The molecule has 0 amide bonds. The first-order valence-electron chi connectivity index (χ1n) is 7.06. The van der Waals surface area contributed by atoms with E-state index in [-0.39, 0.29) is 5.41 Å². The fourth-order valence-electron chi connectivity index (χ4n) is 2.15. The Kier molecular flexibility index (Phi) is 4.83. The van der Waals surface area contributed by atoms with Crippen LogP contribution >= 0.6 is 0 Å². The van der Waals surface area contributed by atoms with E-state index >= 15 is 0 Å². The molecule has 3 nitrogen and oxygen atoms in total. The van der Waals surface area contributed by atoms with Crippen molar-refractivity contribution in [3.8, 4) is 5.88 Å². The summed E-state index contributed by atoms with van der Waals surface area (Å²) in [6.45, 7) is 13.7. The zero-order valence-corrected chi connectivity index (χ0v) is 12.7. The highest BCUT2D eigenvalue weighted by Gasteiger charge is 2.26. The van der Waals surface area contributed by atoms with Gasteiger partial charge in [-0.3, -0.25) is 0 Å². The first-order chi connectivity index (χ1) is 8.27. The van der Waals surface area contributed by atoms with E-state index in [1.807, 2.05) is 0 Å². The van der Waals surface area contributed by atoms with Crippen molar-refractivity contribution in [3.05, 3.63) is 11.3 Å². The van der Waals surface area contributed by atoms with Gasteiger partial charge in [-0.2, -0.15) is 5.10 Å². The second-order valence-electron chi connectivity index (χ2n) is 6.58. The summed E-state index contributed by atoms with van der Waals surface area (Å²) in [6.07, 6.45) is 3.16. The molecule has 0 aromatic carbocycles. The van der Waals surface area contributed by atoms with Gasteiger partial charge >= 0.3 is 0 Å². The number of rotatable bonds is 5. The van der Waals surface area contributed by atoms with E-state index in [2.05, 4.69) is 46.6 Å². The lowest BCUT2D eigenvalue weighted by molar-refractivity contribution is 0.367. The van der Waals surface area contributed by atoms with Gasteiger partial charge in [0.1, 0.15) is 0 Å². The van der Waals surface area contributed by atoms with Crippen LogP contribution in [0.25, 0.3) is 0 Å². The minimum Gasteiger partial charge on any atom is -0.493 e. The Balaban J connectivity index is 3.14. The molecule has 0 aliphatic rings. The Hall–Kier alpha value is -0.990. The number of hydrogen-bond donors (Lipinski definition) is 1. The number of aromatic nitrogens is 2. The van der Waals surface area contributed by atoms with Crippen molar-refractivity contribution in [1.82, 2.24) is 9.78 Å². The largest absolute Gasteiger partial charge is 0.493 e. The predicted octanol–water partition coefficient (Wildman–Crippen LogP) is 3.88. The summed E-state index contributed by atoms with van der Waals surface area (Å²) in [6, 6.07) is 0. The highest BCUT2D eigenvalue weighted by Crippen LogP contribution is 2.32. The van der Waals surface area contributed by atoms with Crippen LogP contribution in [0.3, 0.4) is 0 Å². The average Bonchev–Trinajstić information content (AvgIpc) is 2.52. The van der Waals surface area contributed by atoms with Gasteiger partial charge in [0.2, 0.25) is 5.88 Å². The molecular weight excluding hydrogens is 224 g/mol. The summed E-state index contributed by atoms with van der Waals surface area (Å²) in [7, 11) is 0. The summed E-state index contributed by atoms with van der Waals surface area (Å²) < 4.78 is 1.77.